The molecule has 1 amide bonds. The summed E-state index contributed by atoms with van der Waals surface area (Å²) in [5.41, 5.74) is 3.09. The van der Waals surface area contributed by atoms with Gasteiger partial charge in [-0.15, -0.1) is 0 Å². The SMILES string of the molecule is Cc1nc(Nc2nc3ccccc3o2)nc(C)c1C(=O)NC[C@@H]1CCCO1. The number of aromatic nitrogens is 3. The van der Waals surface area contributed by atoms with Gasteiger partial charge in [-0.2, -0.15) is 4.98 Å². The smallest absolute Gasteiger partial charge is 0.302 e. The first-order chi connectivity index (χ1) is 13.1. The van der Waals surface area contributed by atoms with Gasteiger partial charge in [0.2, 0.25) is 5.95 Å². The molecule has 0 bridgehead atoms. The quantitative estimate of drug-likeness (QED) is 0.715. The molecule has 8 heteroatoms. The summed E-state index contributed by atoms with van der Waals surface area (Å²) in [5, 5.41) is 5.88. The number of rotatable bonds is 5. The van der Waals surface area contributed by atoms with E-state index in [1.165, 1.54) is 0 Å². The molecule has 0 radical (unpaired) electrons. The Kier molecular flexibility index (Phi) is 4.72. The zero-order valence-corrected chi connectivity index (χ0v) is 15.3. The van der Waals surface area contributed by atoms with Gasteiger partial charge in [0.25, 0.3) is 5.91 Å². The predicted octanol–water partition coefficient (Wildman–Crippen LogP) is 2.89. The highest BCUT2D eigenvalue weighted by Crippen LogP contribution is 2.21. The van der Waals surface area contributed by atoms with Crippen molar-refractivity contribution in [3.63, 3.8) is 0 Å². The van der Waals surface area contributed by atoms with Crippen LogP contribution in [0.15, 0.2) is 28.7 Å². The summed E-state index contributed by atoms with van der Waals surface area (Å²) in [6, 6.07) is 7.79. The van der Waals surface area contributed by atoms with Crippen LogP contribution < -0.4 is 10.6 Å². The molecule has 0 aliphatic carbocycles. The molecule has 8 nitrogen and oxygen atoms in total. The number of anilines is 2. The third kappa shape index (κ3) is 3.75. The number of carbonyl (C=O) groups is 1. The molecule has 1 aromatic carbocycles. The van der Waals surface area contributed by atoms with Crippen molar-refractivity contribution in [1.82, 2.24) is 20.3 Å². The number of fused-ring (bicyclic) bond motifs is 1. The van der Waals surface area contributed by atoms with Crippen LogP contribution in [0.4, 0.5) is 12.0 Å². The van der Waals surface area contributed by atoms with Crippen molar-refractivity contribution < 1.29 is 13.9 Å². The van der Waals surface area contributed by atoms with Crippen molar-refractivity contribution in [3.8, 4) is 0 Å². The Balaban J connectivity index is 1.49. The van der Waals surface area contributed by atoms with E-state index >= 15 is 0 Å². The molecule has 2 aromatic heterocycles. The van der Waals surface area contributed by atoms with Crippen LogP contribution in [-0.2, 0) is 4.74 Å². The second kappa shape index (κ2) is 7.32. The normalized spacial score (nSPS) is 16.6. The number of aryl methyl sites for hydroxylation is 2. The molecule has 3 aromatic rings. The van der Waals surface area contributed by atoms with E-state index in [1.54, 1.807) is 13.8 Å². The van der Waals surface area contributed by atoms with Crippen LogP contribution in [0, 0.1) is 13.8 Å². The van der Waals surface area contributed by atoms with Crippen LogP contribution in [0.25, 0.3) is 11.1 Å². The average Bonchev–Trinajstić information content (AvgIpc) is 3.28. The summed E-state index contributed by atoms with van der Waals surface area (Å²) in [6.07, 6.45) is 2.11. The number of hydrogen-bond acceptors (Lipinski definition) is 7. The number of nitrogens with zero attached hydrogens (tertiary/aromatic N) is 3. The fraction of sp³-hybridized carbons (Fsp3) is 0.368. The second-order valence-electron chi connectivity index (χ2n) is 6.55. The van der Waals surface area contributed by atoms with Crippen molar-refractivity contribution >= 4 is 29.0 Å². The molecule has 1 aliphatic rings. The van der Waals surface area contributed by atoms with Gasteiger partial charge in [-0.05, 0) is 38.8 Å². The van der Waals surface area contributed by atoms with E-state index in [0.717, 1.165) is 25.0 Å². The Morgan fingerprint density at radius 3 is 2.67 bits per heavy atom. The third-order valence-electron chi connectivity index (χ3n) is 4.52. The van der Waals surface area contributed by atoms with Crippen molar-refractivity contribution in [2.75, 3.05) is 18.5 Å². The molecule has 1 fully saturated rings. The van der Waals surface area contributed by atoms with Gasteiger partial charge in [0, 0.05) is 13.2 Å². The lowest BCUT2D eigenvalue weighted by Gasteiger charge is -2.13. The van der Waals surface area contributed by atoms with Crippen molar-refractivity contribution in [3.05, 3.63) is 41.2 Å². The molecule has 3 heterocycles. The fourth-order valence-electron chi connectivity index (χ4n) is 3.22. The van der Waals surface area contributed by atoms with E-state index < -0.39 is 0 Å². The van der Waals surface area contributed by atoms with Gasteiger partial charge in [-0.25, -0.2) is 9.97 Å². The van der Waals surface area contributed by atoms with Gasteiger partial charge in [-0.1, -0.05) is 12.1 Å². The lowest BCUT2D eigenvalue weighted by molar-refractivity contribution is 0.0856. The molecule has 140 valence electrons. The van der Waals surface area contributed by atoms with Crippen LogP contribution in [0.2, 0.25) is 0 Å². The Bertz CT molecular complexity index is 922. The maximum absolute atomic E-state index is 12.5. The number of nitrogens with one attached hydrogen (secondary N) is 2. The van der Waals surface area contributed by atoms with Crippen molar-refractivity contribution in [2.24, 2.45) is 0 Å². The molecule has 0 unspecified atom stereocenters. The van der Waals surface area contributed by atoms with Gasteiger partial charge in [0.05, 0.1) is 23.1 Å². The Morgan fingerprint density at radius 2 is 1.96 bits per heavy atom. The maximum atomic E-state index is 12.5. The van der Waals surface area contributed by atoms with E-state index in [4.69, 9.17) is 9.15 Å². The van der Waals surface area contributed by atoms with Gasteiger partial charge < -0.3 is 14.5 Å². The fourth-order valence-corrected chi connectivity index (χ4v) is 3.22. The summed E-state index contributed by atoms with van der Waals surface area (Å²) in [5.74, 6) is 0.154. The number of hydrogen-bond donors (Lipinski definition) is 2. The summed E-state index contributed by atoms with van der Waals surface area (Å²) in [6.45, 7) is 4.83. The molecule has 4 rings (SSSR count). The zero-order valence-electron chi connectivity index (χ0n) is 15.3. The number of ether oxygens (including phenoxy) is 1. The number of carbonyl (C=O) groups excluding carboxylic acids is 1. The predicted molar refractivity (Wildman–Crippen MR) is 100 cm³/mol. The van der Waals surface area contributed by atoms with E-state index in [-0.39, 0.29) is 12.0 Å². The van der Waals surface area contributed by atoms with E-state index in [1.807, 2.05) is 24.3 Å². The highest BCUT2D eigenvalue weighted by atomic mass is 16.5. The molecular formula is C19H21N5O3. The Labute approximate surface area is 156 Å². The van der Waals surface area contributed by atoms with E-state index in [9.17, 15) is 4.79 Å². The van der Waals surface area contributed by atoms with Crippen LogP contribution in [-0.4, -0.2) is 40.1 Å². The first-order valence-electron chi connectivity index (χ1n) is 8.98. The van der Waals surface area contributed by atoms with Gasteiger partial charge >= 0.3 is 6.01 Å². The molecule has 1 saturated heterocycles. The highest BCUT2D eigenvalue weighted by Gasteiger charge is 2.20. The summed E-state index contributed by atoms with van der Waals surface area (Å²) >= 11 is 0. The standard InChI is InChI=1S/C19H21N5O3/c1-11-16(17(25)20-10-13-6-5-9-26-13)12(2)22-18(21-11)24-19-23-14-7-3-4-8-15(14)27-19/h3-4,7-8,13H,5-6,9-10H2,1-2H3,(H,20,25)(H,21,22,23,24)/t13-/m0/s1. The van der Waals surface area contributed by atoms with Gasteiger partial charge in [0.1, 0.15) is 5.52 Å². The molecule has 1 atom stereocenters. The first-order valence-corrected chi connectivity index (χ1v) is 8.98. The Morgan fingerprint density at radius 1 is 1.19 bits per heavy atom. The van der Waals surface area contributed by atoms with Crippen LogP contribution in [0.5, 0.6) is 0 Å². The van der Waals surface area contributed by atoms with E-state index in [2.05, 4.69) is 25.6 Å². The lowest BCUT2D eigenvalue weighted by Crippen LogP contribution is -2.33. The molecule has 27 heavy (non-hydrogen) atoms. The topological polar surface area (TPSA) is 102 Å². The van der Waals surface area contributed by atoms with Crippen molar-refractivity contribution in [2.45, 2.75) is 32.8 Å². The van der Waals surface area contributed by atoms with Gasteiger partial charge in [0.15, 0.2) is 5.58 Å². The lowest BCUT2D eigenvalue weighted by atomic mass is 10.1. The van der Waals surface area contributed by atoms with E-state index in [0.29, 0.717) is 41.0 Å². The van der Waals surface area contributed by atoms with Crippen LogP contribution in [0.3, 0.4) is 0 Å². The van der Waals surface area contributed by atoms with Crippen LogP contribution >= 0.6 is 0 Å². The molecule has 0 spiro atoms. The molecule has 1 aliphatic heterocycles. The summed E-state index contributed by atoms with van der Waals surface area (Å²) < 4.78 is 11.2. The summed E-state index contributed by atoms with van der Waals surface area (Å²) in [7, 11) is 0. The highest BCUT2D eigenvalue weighted by molar-refractivity contribution is 5.96. The molecule has 0 saturated carbocycles. The zero-order chi connectivity index (χ0) is 18.8. The second-order valence-corrected chi connectivity index (χ2v) is 6.55. The number of oxazole rings is 1. The summed E-state index contributed by atoms with van der Waals surface area (Å²) in [4.78, 5) is 25.7. The number of amides is 1. The number of benzene rings is 1. The molecular weight excluding hydrogens is 346 g/mol. The largest absolute Gasteiger partial charge is 0.423 e. The minimum absolute atomic E-state index is 0.0931. The number of para-hydroxylation sites is 2. The Hall–Kier alpha value is -3.00. The maximum Gasteiger partial charge on any atom is 0.302 e. The van der Waals surface area contributed by atoms with Crippen molar-refractivity contribution in [1.29, 1.82) is 0 Å². The third-order valence-corrected chi connectivity index (χ3v) is 4.52. The van der Waals surface area contributed by atoms with Crippen LogP contribution in [0.1, 0.15) is 34.6 Å². The van der Waals surface area contributed by atoms with Gasteiger partial charge in [-0.3, -0.25) is 10.1 Å². The average molecular weight is 367 g/mol. The first kappa shape index (κ1) is 17.4. The minimum atomic E-state index is -0.186. The monoisotopic (exact) mass is 367 g/mol. The molecule has 2 N–H and O–H groups in total. The minimum Gasteiger partial charge on any atom is -0.423 e.